The second-order valence-corrected chi connectivity index (χ2v) is 9.50. The van der Waals surface area contributed by atoms with E-state index in [-0.39, 0.29) is 12.5 Å². The van der Waals surface area contributed by atoms with Gasteiger partial charge in [0, 0.05) is 6.26 Å². The smallest absolute Gasteiger partial charge is 0.408 e. The molecule has 2 atom stereocenters. The van der Waals surface area contributed by atoms with Crippen molar-refractivity contribution in [2.45, 2.75) is 39.0 Å². The topological polar surface area (TPSA) is 139 Å². The van der Waals surface area contributed by atoms with E-state index in [1.807, 2.05) is 6.07 Å². The maximum atomic E-state index is 12.6. The number of ether oxygens (including phenoxy) is 1. The number of amides is 2. The zero-order valence-corrected chi connectivity index (χ0v) is 18.4. The largest absolute Gasteiger partial charge is 0.481 e. The molecule has 0 saturated carbocycles. The fraction of sp³-hybridized carbons (Fsp3) is 0.421. The monoisotopic (exact) mass is 460 g/mol. The van der Waals surface area contributed by atoms with Crippen LogP contribution in [0.1, 0.15) is 25.8 Å². The van der Waals surface area contributed by atoms with Crippen LogP contribution < -0.4 is 10.6 Å². The minimum absolute atomic E-state index is 0.00739. The molecule has 166 valence electrons. The Hall–Kier alpha value is -2.59. The van der Waals surface area contributed by atoms with Gasteiger partial charge in [-0.25, -0.2) is 13.2 Å². The first-order valence-electron chi connectivity index (χ1n) is 8.97. The summed E-state index contributed by atoms with van der Waals surface area (Å²) in [6.07, 6.45) is 0.369. The van der Waals surface area contributed by atoms with E-state index in [0.29, 0.717) is 0 Å². The quantitative estimate of drug-likeness (QED) is 0.485. The van der Waals surface area contributed by atoms with Crippen molar-refractivity contribution in [1.29, 1.82) is 0 Å². The number of aliphatic carboxylic acids is 1. The van der Waals surface area contributed by atoms with Gasteiger partial charge in [0.15, 0.2) is 9.84 Å². The van der Waals surface area contributed by atoms with Gasteiger partial charge in [-0.1, -0.05) is 55.8 Å². The molecule has 30 heavy (non-hydrogen) atoms. The first-order valence-corrected chi connectivity index (χ1v) is 11.2. The highest BCUT2D eigenvalue weighted by Gasteiger charge is 2.27. The Morgan fingerprint density at radius 3 is 2.27 bits per heavy atom. The Morgan fingerprint density at radius 2 is 1.77 bits per heavy atom. The number of rotatable bonds is 10. The molecule has 0 radical (unpaired) electrons. The van der Waals surface area contributed by atoms with Crippen molar-refractivity contribution in [3.63, 3.8) is 0 Å². The minimum atomic E-state index is -3.77. The van der Waals surface area contributed by atoms with Crippen LogP contribution in [0.15, 0.2) is 40.8 Å². The Kier molecular flexibility index (Phi) is 9.80. The maximum absolute atomic E-state index is 12.6. The molecule has 1 aromatic carbocycles. The summed E-state index contributed by atoms with van der Waals surface area (Å²) in [7, 11) is -3.77. The highest BCUT2D eigenvalue weighted by Crippen LogP contribution is 2.13. The zero-order valence-electron chi connectivity index (χ0n) is 16.8. The number of hydrogen-bond donors (Lipinski definition) is 3. The summed E-state index contributed by atoms with van der Waals surface area (Å²) in [5, 5.41) is 13.9. The molecule has 0 aliphatic carbocycles. The van der Waals surface area contributed by atoms with E-state index in [9.17, 15) is 22.8 Å². The van der Waals surface area contributed by atoms with Gasteiger partial charge in [0.1, 0.15) is 17.0 Å². The van der Waals surface area contributed by atoms with Crippen LogP contribution in [0.3, 0.4) is 0 Å². The molecule has 0 fully saturated rings. The molecule has 0 aliphatic heterocycles. The van der Waals surface area contributed by atoms with E-state index in [1.54, 1.807) is 38.1 Å². The number of carboxylic acid groups (broad SMARTS) is 1. The minimum Gasteiger partial charge on any atom is -0.481 e. The zero-order chi connectivity index (χ0) is 22.9. The van der Waals surface area contributed by atoms with Gasteiger partial charge in [-0.2, -0.15) is 0 Å². The molecule has 0 spiro atoms. The number of carbonyl (C=O) groups is 3. The lowest BCUT2D eigenvalue weighted by molar-refractivity contribution is -0.137. The molecular formula is C19H25ClN2O7S. The number of carboxylic acids is 1. The number of halogens is 1. The van der Waals surface area contributed by atoms with Crippen LogP contribution in [-0.2, 0) is 30.8 Å². The van der Waals surface area contributed by atoms with Crippen molar-refractivity contribution in [3.05, 3.63) is 46.3 Å². The van der Waals surface area contributed by atoms with E-state index in [2.05, 4.69) is 10.6 Å². The van der Waals surface area contributed by atoms with Crippen LogP contribution in [0.4, 0.5) is 4.79 Å². The molecule has 0 aromatic heterocycles. The average Bonchev–Trinajstić information content (AvgIpc) is 2.63. The van der Waals surface area contributed by atoms with Crippen LogP contribution in [-0.4, -0.2) is 49.8 Å². The third-order valence-electron chi connectivity index (χ3n) is 3.84. The number of sulfone groups is 1. The lowest BCUT2D eigenvalue weighted by Crippen LogP contribution is -2.52. The fourth-order valence-electron chi connectivity index (χ4n) is 2.32. The van der Waals surface area contributed by atoms with Gasteiger partial charge >= 0.3 is 12.1 Å². The van der Waals surface area contributed by atoms with Crippen molar-refractivity contribution >= 4 is 39.4 Å². The molecule has 11 heteroatoms. The SMILES string of the molecule is CC(C)[C@H](NC(=O)OCc1ccccc1)C(=O)NC(/C=C(\Cl)S(C)(=O)=O)CC(=O)O. The molecule has 0 heterocycles. The first kappa shape index (κ1) is 25.4. The predicted octanol–water partition coefficient (Wildman–Crippen LogP) is 2.02. The van der Waals surface area contributed by atoms with Crippen molar-refractivity contribution in [3.8, 4) is 0 Å². The summed E-state index contributed by atoms with van der Waals surface area (Å²) in [6, 6.07) is 6.70. The molecule has 9 nitrogen and oxygen atoms in total. The Balaban J connectivity index is 2.84. The third-order valence-corrected chi connectivity index (χ3v) is 5.66. The normalized spacial score (nSPS) is 14.0. The van der Waals surface area contributed by atoms with E-state index in [0.717, 1.165) is 17.9 Å². The number of benzene rings is 1. The number of alkyl carbamates (subject to hydrolysis) is 1. The second kappa shape index (κ2) is 11.6. The third kappa shape index (κ3) is 9.27. The molecule has 1 unspecified atom stereocenters. The lowest BCUT2D eigenvalue weighted by atomic mass is 10.0. The number of carbonyl (C=O) groups excluding carboxylic acids is 2. The van der Waals surface area contributed by atoms with Crippen molar-refractivity contribution in [2.24, 2.45) is 5.92 Å². The van der Waals surface area contributed by atoms with Crippen LogP contribution in [0.5, 0.6) is 0 Å². The second-order valence-electron chi connectivity index (χ2n) is 6.88. The average molecular weight is 461 g/mol. The summed E-state index contributed by atoms with van der Waals surface area (Å²) in [5.74, 6) is -2.35. The summed E-state index contributed by atoms with van der Waals surface area (Å²) in [5.41, 5.74) is 0.764. The number of hydrogen-bond acceptors (Lipinski definition) is 6. The molecule has 1 aromatic rings. The predicted molar refractivity (Wildman–Crippen MR) is 111 cm³/mol. The van der Waals surface area contributed by atoms with E-state index in [1.165, 1.54) is 0 Å². The molecule has 0 bridgehead atoms. The van der Waals surface area contributed by atoms with Crippen LogP contribution in [0.25, 0.3) is 0 Å². The van der Waals surface area contributed by atoms with Gasteiger partial charge in [-0.15, -0.1) is 0 Å². The molecule has 0 aliphatic rings. The molecule has 0 saturated heterocycles. The molecular weight excluding hydrogens is 436 g/mol. The summed E-state index contributed by atoms with van der Waals surface area (Å²) < 4.78 is 27.5. The van der Waals surface area contributed by atoms with Crippen molar-refractivity contribution < 1.29 is 32.6 Å². The van der Waals surface area contributed by atoms with Gasteiger partial charge < -0.3 is 20.5 Å². The van der Waals surface area contributed by atoms with Gasteiger partial charge in [0.25, 0.3) is 0 Å². The maximum Gasteiger partial charge on any atom is 0.408 e. The Morgan fingerprint density at radius 1 is 1.17 bits per heavy atom. The van der Waals surface area contributed by atoms with Gasteiger partial charge in [-0.05, 0) is 17.6 Å². The summed E-state index contributed by atoms with van der Waals surface area (Å²) in [6.45, 7) is 3.36. The lowest BCUT2D eigenvalue weighted by Gasteiger charge is -2.23. The highest BCUT2D eigenvalue weighted by molar-refractivity contribution is 7.96. The van der Waals surface area contributed by atoms with Gasteiger partial charge in [0.2, 0.25) is 5.91 Å². The summed E-state index contributed by atoms with van der Waals surface area (Å²) in [4.78, 5) is 35.8. The van der Waals surface area contributed by atoms with Crippen LogP contribution in [0.2, 0.25) is 0 Å². The van der Waals surface area contributed by atoms with Gasteiger partial charge in [-0.3, -0.25) is 9.59 Å². The van der Waals surface area contributed by atoms with E-state index < -0.39 is 50.7 Å². The van der Waals surface area contributed by atoms with Crippen molar-refractivity contribution in [1.82, 2.24) is 10.6 Å². The molecule has 2 amide bonds. The molecule has 1 rings (SSSR count). The Labute approximate surface area is 180 Å². The first-order chi connectivity index (χ1) is 13.9. The number of nitrogens with one attached hydrogen (secondary N) is 2. The standard InChI is InChI=1S/C19H25ClN2O7S/c1-12(2)17(22-19(26)29-11-13-7-5-4-6-8-13)18(25)21-14(10-16(23)24)9-15(20)30(3,27)28/h4-9,12,14,17H,10-11H2,1-3H3,(H,21,25)(H,22,26)(H,23,24)/b15-9+/t14?,17-/m0/s1. The van der Waals surface area contributed by atoms with Crippen LogP contribution >= 0.6 is 11.6 Å². The van der Waals surface area contributed by atoms with Crippen molar-refractivity contribution in [2.75, 3.05) is 6.26 Å². The van der Waals surface area contributed by atoms with E-state index >= 15 is 0 Å². The van der Waals surface area contributed by atoms with E-state index in [4.69, 9.17) is 21.4 Å². The van der Waals surface area contributed by atoms with Crippen LogP contribution in [0, 0.1) is 5.92 Å². The van der Waals surface area contributed by atoms with Gasteiger partial charge in [0.05, 0.1) is 12.5 Å². The molecule has 3 N–H and O–H groups in total. The fourth-order valence-corrected chi connectivity index (χ4v) is 2.88. The Bertz CT molecular complexity index is 885. The highest BCUT2D eigenvalue weighted by atomic mass is 35.5. The summed E-state index contributed by atoms with van der Waals surface area (Å²) >= 11 is 5.68.